The molecule has 1 aromatic heterocycles. The Hall–Kier alpha value is -3.00. The fraction of sp³-hybridized carbons (Fsp3) is 0.118. The fourth-order valence-electron chi connectivity index (χ4n) is 1.69. The zero-order chi connectivity index (χ0) is 18.1. The van der Waals surface area contributed by atoms with Crippen LogP contribution in [0.15, 0.2) is 47.9 Å². The molecule has 2 amide bonds. The Balaban J connectivity index is 1.65. The smallest absolute Gasteiger partial charge is 0.331 e. The topological polar surface area (TPSA) is 84.5 Å². The van der Waals surface area contributed by atoms with E-state index in [1.54, 1.807) is 6.08 Å². The summed E-state index contributed by atoms with van der Waals surface area (Å²) in [5, 5.41) is 6.67. The van der Waals surface area contributed by atoms with Crippen LogP contribution in [0.25, 0.3) is 6.08 Å². The van der Waals surface area contributed by atoms with E-state index in [2.05, 4.69) is 10.6 Å². The number of anilines is 1. The molecule has 0 radical (unpaired) electrons. The van der Waals surface area contributed by atoms with Crippen molar-refractivity contribution in [1.29, 1.82) is 0 Å². The zero-order valence-corrected chi connectivity index (χ0v) is 13.8. The SMILES string of the molecule is O=C(COC(=O)/C=C/c1cccs1)NCC(=O)Nc1ccc(F)cc1. The van der Waals surface area contributed by atoms with Crippen molar-refractivity contribution in [3.63, 3.8) is 0 Å². The summed E-state index contributed by atoms with van der Waals surface area (Å²) in [6.07, 6.45) is 2.81. The van der Waals surface area contributed by atoms with E-state index >= 15 is 0 Å². The lowest BCUT2D eigenvalue weighted by atomic mass is 10.3. The standard InChI is InChI=1S/C17H15FN2O4S/c18-12-3-5-13(6-4-12)20-15(21)10-19-16(22)11-24-17(23)8-7-14-2-1-9-25-14/h1-9H,10-11H2,(H,19,22)(H,20,21)/b8-7+. The molecule has 25 heavy (non-hydrogen) atoms. The minimum atomic E-state index is -0.653. The van der Waals surface area contributed by atoms with Crippen LogP contribution in [0.1, 0.15) is 4.88 Å². The molecule has 0 bridgehead atoms. The van der Waals surface area contributed by atoms with Gasteiger partial charge in [-0.2, -0.15) is 0 Å². The average molecular weight is 362 g/mol. The number of halogens is 1. The highest BCUT2D eigenvalue weighted by Crippen LogP contribution is 2.10. The third kappa shape index (κ3) is 6.96. The predicted octanol–water partition coefficient (Wildman–Crippen LogP) is 2.20. The molecule has 0 unspecified atom stereocenters. The third-order valence-electron chi connectivity index (χ3n) is 2.85. The van der Waals surface area contributed by atoms with E-state index in [-0.39, 0.29) is 6.54 Å². The van der Waals surface area contributed by atoms with Gasteiger partial charge in [-0.05, 0) is 41.8 Å². The number of rotatable bonds is 7. The van der Waals surface area contributed by atoms with Crippen LogP contribution in [0.2, 0.25) is 0 Å². The molecule has 0 spiro atoms. The van der Waals surface area contributed by atoms with Crippen molar-refractivity contribution in [1.82, 2.24) is 5.32 Å². The molecule has 1 heterocycles. The van der Waals surface area contributed by atoms with Gasteiger partial charge < -0.3 is 15.4 Å². The van der Waals surface area contributed by atoms with Gasteiger partial charge in [0, 0.05) is 16.6 Å². The number of benzene rings is 1. The molecule has 0 fully saturated rings. The number of carbonyl (C=O) groups is 3. The first-order valence-corrected chi connectivity index (χ1v) is 8.11. The lowest BCUT2D eigenvalue weighted by Crippen LogP contribution is -2.35. The molecule has 1 aromatic carbocycles. The van der Waals surface area contributed by atoms with Crippen LogP contribution in [0.4, 0.5) is 10.1 Å². The van der Waals surface area contributed by atoms with Gasteiger partial charge in [0.2, 0.25) is 5.91 Å². The van der Waals surface area contributed by atoms with Crippen LogP contribution >= 0.6 is 11.3 Å². The van der Waals surface area contributed by atoms with Crippen LogP contribution in [0.3, 0.4) is 0 Å². The lowest BCUT2D eigenvalue weighted by molar-refractivity contribution is -0.143. The molecular formula is C17H15FN2O4S. The van der Waals surface area contributed by atoms with E-state index < -0.39 is 30.2 Å². The summed E-state index contributed by atoms with van der Waals surface area (Å²) in [5.41, 5.74) is 0.408. The maximum absolute atomic E-state index is 12.7. The Morgan fingerprint density at radius 3 is 2.56 bits per heavy atom. The van der Waals surface area contributed by atoms with E-state index in [0.29, 0.717) is 5.69 Å². The van der Waals surface area contributed by atoms with Gasteiger partial charge in [-0.1, -0.05) is 6.07 Å². The van der Waals surface area contributed by atoms with E-state index in [9.17, 15) is 18.8 Å². The highest BCUT2D eigenvalue weighted by molar-refractivity contribution is 7.10. The monoisotopic (exact) mass is 362 g/mol. The lowest BCUT2D eigenvalue weighted by Gasteiger charge is -2.07. The van der Waals surface area contributed by atoms with Crippen molar-refractivity contribution < 1.29 is 23.5 Å². The van der Waals surface area contributed by atoms with Gasteiger partial charge in [-0.25, -0.2) is 9.18 Å². The number of nitrogens with one attached hydrogen (secondary N) is 2. The van der Waals surface area contributed by atoms with Crippen molar-refractivity contribution in [3.8, 4) is 0 Å². The Bertz CT molecular complexity index is 757. The van der Waals surface area contributed by atoms with Crippen LogP contribution in [-0.2, 0) is 19.1 Å². The molecule has 6 nitrogen and oxygen atoms in total. The van der Waals surface area contributed by atoms with E-state index in [4.69, 9.17) is 4.74 Å². The molecule has 0 saturated heterocycles. The number of esters is 1. The summed E-state index contributed by atoms with van der Waals surface area (Å²) < 4.78 is 17.5. The molecule has 2 N–H and O–H groups in total. The summed E-state index contributed by atoms with van der Waals surface area (Å²) in [6.45, 7) is -0.782. The van der Waals surface area contributed by atoms with Crippen LogP contribution < -0.4 is 10.6 Å². The van der Waals surface area contributed by atoms with E-state index in [0.717, 1.165) is 4.88 Å². The Morgan fingerprint density at radius 1 is 1.12 bits per heavy atom. The van der Waals surface area contributed by atoms with Crippen molar-refractivity contribution in [2.24, 2.45) is 0 Å². The maximum Gasteiger partial charge on any atom is 0.331 e. The normalized spacial score (nSPS) is 10.4. The van der Waals surface area contributed by atoms with Crippen LogP contribution in [-0.4, -0.2) is 30.9 Å². The summed E-state index contributed by atoms with van der Waals surface area (Å²) in [4.78, 5) is 35.5. The zero-order valence-electron chi connectivity index (χ0n) is 13.0. The minimum Gasteiger partial charge on any atom is -0.452 e. The molecule has 0 saturated carbocycles. The van der Waals surface area contributed by atoms with Gasteiger partial charge in [-0.3, -0.25) is 9.59 Å². The number of hydrogen-bond acceptors (Lipinski definition) is 5. The first-order valence-electron chi connectivity index (χ1n) is 7.23. The van der Waals surface area contributed by atoms with Crippen molar-refractivity contribution in [2.45, 2.75) is 0 Å². The van der Waals surface area contributed by atoms with Crippen molar-refractivity contribution in [2.75, 3.05) is 18.5 Å². The Kier molecular flexibility index (Phi) is 6.85. The maximum atomic E-state index is 12.7. The molecule has 2 rings (SSSR count). The summed E-state index contributed by atoms with van der Waals surface area (Å²) in [7, 11) is 0. The van der Waals surface area contributed by atoms with Gasteiger partial charge in [0.25, 0.3) is 5.91 Å². The summed E-state index contributed by atoms with van der Waals surface area (Å²) in [6, 6.07) is 8.89. The minimum absolute atomic E-state index is 0.293. The number of carbonyl (C=O) groups excluding carboxylic acids is 3. The number of thiophene rings is 1. The first-order chi connectivity index (χ1) is 12.0. The van der Waals surface area contributed by atoms with Gasteiger partial charge in [0.15, 0.2) is 6.61 Å². The fourth-order valence-corrected chi connectivity index (χ4v) is 2.31. The van der Waals surface area contributed by atoms with Crippen molar-refractivity contribution in [3.05, 3.63) is 58.5 Å². The van der Waals surface area contributed by atoms with Crippen molar-refractivity contribution >= 4 is 40.9 Å². The van der Waals surface area contributed by atoms with Crippen LogP contribution in [0, 0.1) is 5.82 Å². The third-order valence-corrected chi connectivity index (χ3v) is 3.68. The molecular weight excluding hydrogens is 347 g/mol. The van der Waals surface area contributed by atoms with Gasteiger partial charge in [0.05, 0.1) is 6.54 Å². The van der Waals surface area contributed by atoms with Gasteiger partial charge >= 0.3 is 5.97 Å². The molecule has 0 aliphatic rings. The predicted molar refractivity (Wildman–Crippen MR) is 92.4 cm³/mol. The quantitative estimate of drug-likeness (QED) is 0.584. The molecule has 0 aliphatic carbocycles. The van der Waals surface area contributed by atoms with Gasteiger partial charge in [0.1, 0.15) is 5.82 Å². The molecule has 2 aromatic rings. The second-order valence-corrected chi connectivity index (χ2v) is 5.77. The summed E-state index contributed by atoms with van der Waals surface area (Å²) in [5.74, 6) is -2.16. The Morgan fingerprint density at radius 2 is 1.88 bits per heavy atom. The second kappa shape index (κ2) is 9.33. The Labute approximate surface area is 147 Å². The molecule has 8 heteroatoms. The van der Waals surface area contributed by atoms with E-state index in [1.807, 2.05) is 17.5 Å². The highest BCUT2D eigenvalue weighted by atomic mass is 32.1. The number of ether oxygens (including phenoxy) is 1. The average Bonchev–Trinajstić information content (AvgIpc) is 3.12. The van der Waals surface area contributed by atoms with E-state index in [1.165, 1.54) is 41.7 Å². The molecule has 0 aliphatic heterocycles. The second-order valence-electron chi connectivity index (χ2n) is 4.79. The largest absolute Gasteiger partial charge is 0.452 e. The number of amides is 2. The van der Waals surface area contributed by atoms with Crippen LogP contribution in [0.5, 0.6) is 0 Å². The van der Waals surface area contributed by atoms with Gasteiger partial charge in [-0.15, -0.1) is 11.3 Å². The highest BCUT2D eigenvalue weighted by Gasteiger charge is 2.08. The number of hydrogen-bond donors (Lipinski definition) is 2. The summed E-state index contributed by atoms with van der Waals surface area (Å²) >= 11 is 1.46. The molecule has 130 valence electrons. The first kappa shape index (κ1) is 18.3. The molecule has 0 atom stereocenters.